The van der Waals surface area contributed by atoms with Crippen LogP contribution in [0.1, 0.15) is 55.6 Å². The molecule has 20 heavy (non-hydrogen) atoms. The van der Waals surface area contributed by atoms with Crippen molar-refractivity contribution in [2.24, 2.45) is 0 Å². The van der Waals surface area contributed by atoms with Crippen LogP contribution in [0.3, 0.4) is 0 Å². The molecule has 1 saturated heterocycles. The predicted octanol–water partition coefficient (Wildman–Crippen LogP) is 3.23. The Labute approximate surface area is 121 Å². The van der Waals surface area contributed by atoms with Crippen LogP contribution in [0, 0.1) is 6.92 Å². The van der Waals surface area contributed by atoms with Crippen molar-refractivity contribution in [3.63, 3.8) is 0 Å². The second-order valence-electron chi connectivity index (χ2n) is 5.46. The first-order valence-electron chi connectivity index (χ1n) is 7.68. The highest BCUT2D eigenvalue weighted by atomic mass is 16.2. The third kappa shape index (κ3) is 3.11. The largest absolute Gasteiger partial charge is 0.385 e. The molecule has 0 bridgehead atoms. The third-order valence-electron chi connectivity index (χ3n) is 4.00. The summed E-state index contributed by atoms with van der Waals surface area (Å²) >= 11 is 0. The lowest BCUT2D eigenvalue weighted by atomic mass is 9.99. The van der Waals surface area contributed by atoms with Gasteiger partial charge in [-0.05, 0) is 45.6 Å². The zero-order chi connectivity index (χ0) is 14.5. The van der Waals surface area contributed by atoms with Crippen LogP contribution >= 0.6 is 0 Å². The second kappa shape index (κ2) is 6.73. The number of aryl methyl sites for hydroxylation is 1. The highest BCUT2D eigenvalue weighted by Crippen LogP contribution is 2.24. The molecule has 0 saturated carbocycles. The van der Waals surface area contributed by atoms with Crippen molar-refractivity contribution in [3.8, 4) is 0 Å². The minimum absolute atomic E-state index is 0.125. The fraction of sp³-hybridized carbons (Fsp3) is 0.625. The Morgan fingerprint density at radius 1 is 1.45 bits per heavy atom. The SMILES string of the molecule is CCNc1cc(C)ncc1C(=O)N1CCCCC1CC. The van der Waals surface area contributed by atoms with Gasteiger partial charge in [-0.25, -0.2) is 0 Å². The standard InChI is InChI=1S/C16H25N3O/c1-4-13-8-6-7-9-19(13)16(20)14-11-18-12(3)10-15(14)17-5-2/h10-11,13H,4-9H2,1-3H3,(H,17,18). The summed E-state index contributed by atoms with van der Waals surface area (Å²) in [5.41, 5.74) is 2.55. The average molecular weight is 275 g/mol. The number of nitrogens with zero attached hydrogens (tertiary/aromatic N) is 2. The van der Waals surface area contributed by atoms with Gasteiger partial charge in [0.1, 0.15) is 0 Å². The summed E-state index contributed by atoms with van der Waals surface area (Å²) in [6, 6.07) is 2.34. The Balaban J connectivity index is 2.27. The quantitative estimate of drug-likeness (QED) is 0.917. The predicted molar refractivity (Wildman–Crippen MR) is 82.1 cm³/mol. The van der Waals surface area contributed by atoms with Gasteiger partial charge in [-0.15, -0.1) is 0 Å². The van der Waals surface area contributed by atoms with Gasteiger partial charge >= 0.3 is 0 Å². The molecule has 1 aromatic heterocycles. The van der Waals surface area contributed by atoms with Gasteiger partial charge in [-0.2, -0.15) is 0 Å². The molecule has 4 nitrogen and oxygen atoms in total. The summed E-state index contributed by atoms with van der Waals surface area (Å²) in [5, 5.41) is 3.28. The number of hydrogen-bond donors (Lipinski definition) is 1. The van der Waals surface area contributed by atoms with Crippen LogP contribution in [0.4, 0.5) is 5.69 Å². The van der Waals surface area contributed by atoms with Crippen molar-refractivity contribution in [3.05, 3.63) is 23.5 Å². The van der Waals surface area contributed by atoms with Gasteiger partial charge in [-0.1, -0.05) is 6.92 Å². The van der Waals surface area contributed by atoms with E-state index in [1.165, 1.54) is 6.42 Å². The average Bonchev–Trinajstić information content (AvgIpc) is 2.47. The first-order valence-corrected chi connectivity index (χ1v) is 7.68. The number of rotatable bonds is 4. The fourth-order valence-electron chi connectivity index (χ4n) is 2.91. The lowest BCUT2D eigenvalue weighted by Crippen LogP contribution is -2.43. The Morgan fingerprint density at radius 3 is 2.95 bits per heavy atom. The number of carbonyl (C=O) groups excluding carboxylic acids is 1. The summed E-state index contributed by atoms with van der Waals surface area (Å²) in [6.07, 6.45) is 6.21. The van der Waals surface area contributed by atoms with E-state index in [2.05, 4.69) is 17.2 Å². The van der Waals surface area contributed by atoms with Crippen LogP contribution < -0.4 is 5.32 Å². The van der Waals surface area contributed by atoms with E-state index < -0.39 is 0 Å². The summed E-state index contributed by atoms with van der Waals surface area (Å²) < 4.78 is 0. The van der Waals surface area contributed by atoms with E-state index in [0.717, 1.165) is 43.7 Å². The van der Waals surface area contributed by atoms with Gasteiger partial charge < -0.3 is 10.2 Å². The van der Waals surface area contributed by atoms with Gasteiger partial charge in [0.15, 0.2) is 0 Å². The van der Waals surface area contributed by atoms with Gasteiger partial charge in [0.25, 0.3) is 5.91 Å². The summed E-state index contributed by atoms with van der Waals surface area (Å²) in [7, 11) is 0. The number of likely N-dealkylation sites (tertiary alicyclic amines) is 1. The molecular weight excluding hydrogens is 250 g/mol. The van der Waals surface area contributed by atoms with E-state index in [-0.39, 0.29) is 5.91 Å². The van der Waals surface area contributed by atoms with Crippen LogP contribution in [0.15, 0.2) is 12.3 Å². The molecule has 1 amide bonds. The lowest BCUT2D eigenvalue weighted by Gasteiger charge is -2.35. The molecule has 110 valence electrons. The van der Waals surface area contributed by atoms with Crippen LogP contribution in [0.25, 0.3) is 0 Å². The number of amides is 1. The first-order chi connectivity index (χ1) is 9.67. The van der Waals surface area contributed by atoms with Crippen LogP contribution in [-0.2, 0) is 0 Å². The lowest BCUT2D eigenvalue weighted by molar-refractivity contribution is 0.0608. The number of hydrogen-bond acceptors (Lipinski definition) is 3. The van der Waals surface area contributed by atoms with E-state index >= 15 is 0 Å². The van der Waals surface area contributed by atoms with E-state index in [1.54, 1.807) is 6.20 Å². The highest BCUT2D eigenvalue weighted by molar-refractivity contribution is 5.99. The van der Waals surface area contributed by atoms with E-state index in [4.69, 9.17) is 0 Å². The summed E-state index contributed by atoms with van der Waals surface area (Å²) in [4.78, 5) is 19.2. The van der Waals surface area contributed by atoms with Crippen molar-refractivity contribution in [2.45, 2.75) is 52.5 Å². The molecule has 1 unspecified atom stereocenters. The van der Waals surface area contributed by atoms with Gasteiger partial charge in [0, 0.05) is 31.0 Å². The smallest absolute Gasteiger partial charge is 0.257 e. The molecule has 1 aromatic rings. The summed E-state index contributed by atoms with van der Waals surface area (Å²) in [6.45, 7) is 7.83. The van der Waals surface area contributed by atoms with Gasteiger partial charge in [0.2, 0.25) is 0 Å². The number of aromatic nitrogens is 1. The maximum Gasteiger partial charge on any atom is 0.257 e. The van der Waals surface area contributed by atoms with Crippen LogP contribution in [0.2, 0.25) is 0 Å². The number of anilines is 1. The molecule has 1 aliphatic rings. The Bertz CT molecular complexity index is 473. The van der Waals surface area contributed by atoms with Crippen molar-refractivity contribution >= 4 is 11.6 Å². The van der Waals surface area contributed by atoms with Crippen LogP contribution in [0.5, 0.6) is 0 Å². The molecule has 2 rings (SSSR count). The maximum absolute atomic E-state index is 12.8. The van der Waals surface area contributed by atoms with E-state index in [1.807, 2.05) is 24.8 Å². The fourth-order valence-corrected chi connectivity index (χ4v) is 2.91. The van der Waals surface area contributed by atoms with Crippen molar-refractivity contribution in [1.29, 1.82) is 0 Å². The molecule has 1 atom stereocenters. The number of carbonyl (C=O) groups is 1. The molecule has 1 N–H and O–H groups in total. The molecule has 0 aromatic carbocycles. The van der Waals surface area contributed by atoms with Crippen molar-refractivity contribution < 1.29 is 4.79 Å². The molecule has 2 heterocycles. The Hall–Kier alpha value is -1.58. The monoisotopic (exact) mass is 275 g/mol. The molecule has 0 aliphatic carbocycles. The summed E-state index contributed by atoms with van der Waals surface area (Å²) in [5.74, 6) is 0.125. The van der Waals surface area contributed by atoms with E-state index in [9.17, 15) is 4.79 Å². The maximum atomic E-state index is 12.8. The van der Waals surface area contributed by atoms with Crippen molar-refractivity contribution in [1.82, 2.24) is 9.88 Å². The molecule has 4 heteroatoms. The second-order valence-corrected chi connectivity index (χ2v) is 5.46. The van der Waals surface area contributed by atoms with Gasteiger partial charge in [-0.3, -0.25) is 9.78 Å². The molecule has 1 aliphatic heterocycles. The number of pyridine rings is 1. The van der Waals surface area contributed by atoms with Crippen molar-refractivity contribution in [2.75, 3.05) is 18.4 Å². The van der Waals surface area contributed by atoms with Crippen LogP contribution in [-0.4, -0.2) is 34.9 Å². The highest BCUT2D eigenvalue weighted by Gasteiger charge is 2.27. The Morgan fingerprint density at radius 2 is 2.25 bits per heavy atom. The minimum atomic E-state index is 0.125. The molecule has 1 fully saturated rings. The number of nitrogens with one attached hydrogen (secondary N) is 1. The van der Waals surface area contributed by atoms with E-state index in [0.29, 0.717) is 11.6 Å². The normalized spacial score (nSPS) is 18.9. The van der Waals surface area contributed by atoms with Gasteiger partial charge in [0.05, 0.1) is 11.3 Å². The topological polar surface area (TPSA) is 45.2 Å². The first kappa shape index (κ1) is 14.8. The minimum Gasteiger partial charge on any atom is -0.385 e. The molecule has 0 radical (unpaired) electrons. The third-order valence-corrected chi connectivity index (χ3v) is 4.00. The zero-order valence-corrected chi connectivity index (χ0v) is 12.8. The number of piperidine rings is 1. The molecular formula is C16H25N3O. The zero-order valence-electron chi connectivity index (χ0n) is 12.8. The molecule has 0 spiro atoms. The Kier molecular flexibility index (Phi) is 4.99.